The predicted molar refractivity (Wildman–Crippen MR) is 169 cm³/mol. The van der Waals surface area contributed by atoms with Gasteiger partial charge in [0.15, 0.2) is 0 Å². The number of fused-ring (bicyclic) bond motifs is 1. The topological polar surface area (TPSA) is 78.8 Å². The average Bonchev–Trinajstić information content (AvgIpc) is 3.25. The van der Waals surface area contributed by atoms with E-state index in [1.54, 1.807) is 21.6 Å². The molecule has 0 aliphatic carbocycles. The van der Waals surface area contributed by atoms with Crippen LogP contribution in [0.5, 0.6) is 0 Å². The van der Waals surface area contributed by atoms with Gasteiger partial charge >= 0.3 is 0 Å². The summed E-state index contributed by atoms with van der Waals surface area (Å²) in [6.45, 7) is 13.8. The van der Waals surface area contributed by atoms with E-state index in [1.165, 1.54) is 11.8 Å². The highest BCUT2D eigenvalue weighted by molar-refractivity contribution is 8.00. The Morgan fingerprint density at radius 2 is 1.71 bits per heavy atom. The Balaban J connectivity index is 1.68. The molecule has 3 heterocycles. The van der Waals surface area contributed by atoms with E-state index in [2.05, 4.69) is 26.8 Å². The third-order valence-corrected chi connectivity index (χ3v) is 9.39. The van der Waals surface area contributed by atoms with Crippen LogP contribution in [0.3, 0.4) is 0 Å². The van der Waals surface area contributed by atoms with Gasteiger partial charge in [0, 0.05) is 49.1 Å². The zero-order valence-electron chi connectivity index (χ0n) is 25.1. The van der Waals surface area contributed by atoms with Crippen LogP contribution in [0, 0.1) is 13.8 Å². The first-order chi connectivity index (χ1) is 19.8. The van der Waals surface area contributed by atoms with E-state index >= 15 is 0 Å². The average molecular weight is 608 g/mol. The van der Waals surface area contributed by atoms with Crippen LogP contribution in [0.25, 0.3) is 5.69 Å². The summed E-state index contributed by atoms with van der Waals surface area (Å²) in [6.07, 6.45) is 0. The molecule has 2 aliphatic heterocycles. The number of benzene rings is 2. The molecule has 1 aromatic heterocycles. The van der Waals surface area contributed by atoms with Gasteiger partial charge in [0.25, 0.3) is 0 Å². The van der Waals surface area contributed by atoms with Gasteiger partial charge < -0.3 is 9.80 Å². The van der Waals surface area contributed by atoms with Crippen LogP contribution in [0.4, 0.5) is 5.82 Å². The zero-order valence-corrected chi connectivity index (χ0v) is 26.7. The number of piperazine rings is 1. The Morgan fingerprint density at radius 3 is 2.33 bits per heavy atom. The highest BCUT2D eigenvalue weighted by Gasteiger charge is 2.40. The molecule has 42 heavy (non-hydrogen) atoms. The summed E-state index contributed by atoms with van der Waals surface area (Å²) in [6, 6.07) is 13.9. The molecule has 0 bridgehead atoms. The maximum absolute atomic E-state index is 14.0. The maximum Gasteiger partial charge on any atom is 0.242 e. The van der Waals surface area contributed by atoms with Crippen molar-refractivity contribution in [2.75, 3.05) is 43.4 Å². The number of amides is 3. The number of nitrogens with zero attached hydrogens (tertiary/aromatic N) is 5. The van der Waals surface area contributed by atoms with E-state index in [4.69, 9.17) is 16.7 Å². The van der Waals surface area contributed by atoms with E-state index in [0.717, 1.165) is 33.6 Å². The molecule has 222 valence electrons. The van der Waals surface area contributed by atoms with Crippen LogP contribution in [-0.4, -0.2) is 75.8 Å². The van der Waals surface area contributed by atoms with Gasteiger partial charge in [0.1, 0.15) is 12.4 Å². The number of anilines is 1. The van der Waals surface area contributed by atoms with Crippen LogP contribution < -0.4 is 4.90 Å². The second-order valence-electron chi connectivity index (χ2n) is 12.2. The Morgan fingerprint density at radius 1 is 1.02 bits per heavy atom. The Kier molecular flexibility index (Phi) is 8.45. The smallest absolute Gasteiger partial charge is 0.242 e. The standard InChI is InChI=1S/C32H38ClN5O3S/c1-20-10-11-25(21(2)16-20)38-31-28(30(34-38)32(4,5)6)29(23-8-7-9-24(33)17-23)42-19-27(41)37(31)18-26(40)36-14-12-35(13-15-36)22(3)39/h7-11,16-17,29H,12-15,18-19H2,1-6H3/t29-/m0/s1. The molecule has 0 N–H and O–H groups in total. The number of halogens is 1. The minimum atomic E-state index is -0.350. The molecule has 0 unspecified atom stereocenters. The van der Waals surface area contributed by atoms with Crippen LogP contribution in [0.2, 0.25) is 5.02 Å². The van der Waals surface area contributed by atoms with Crippen molar-refractivity contribution in [3.05, 3.63) is 75.4 Å². The van der Waals surface area contributed by atoms with Crippen molar-refractivity contribution in [2.24, 2.45) is 0 Å². The third kappa shape index (κ3) is 5.95. The van der Waals surface area contributed by atoms with E-state index in [-0.39, 0.29) is 40.7 Å². The first-order valence-electron chi connectivity index (χ1n) is 14.3. The number of rotatable bonds is 4. The van der Waals surface area contributed by atoms with E-state index in [0.29, 0.717) is 37.0 Å². The number of carbonyl (C=O) groups excluding carboxylic acids is 3. The lowest BCUT2D eigenvalue weighted by Crippen LogP contribution is -2.53. The van der Waals surface area contributed by atoms with Gasteiger partial charge in [-0.3, -0.25) is 19.3 Å². The molecular formula is C32H38ClN5O3S. The summed E-state index contributed by atoms with van der Waals surface area (Å²) < 4.78 is 1.87. The highest BCUT2D eigenvalue weighted by Crippen LogP contribution is 2.49. The van der Waals surface area contributed by atoms with Crippen molar-refractivity contribution in [1.82, 2.24) is 19.6 Å². The van der Waals surface area contributed by atoms with Crippen molar-refractivity contribution >= 4 is 46.9 Å². The summed E-state index contributed by atoms with van der Waals surface area (Å²) in [7, 11) is 0. The lowest BCUT2D eigenvalue weighted by molar-refractivity contribution is -0.137. The molecule has 2 aliphatic rings. The molecule has 5 rings (SSSR count). The fraction of sp³-hybridized carbons (Fsp3) is 0.438. The molecule has 3 amide bonds. The van der Waals surface area contributed by atoms with E-state index < -0.39 is 0 Å². The molecule has 0 saturated carbocycles. The van der Waals surface area contributed by atoms with Crippen molar-refractivity contribution in [3.8, 4) is 5.69 Å². The lowest BCUT2D eigenvalue weighted by Gasteiger charge is -2.35. The maximum atomic E-state index is 14.0. The number of aromatic nitrogens is 2. The van der Waals surface area contributed by atoms with Crippen LogP contribution in [0.1, 0.15) is 60.9 Å². The van der Waals surface area contributed by atoms with E-state index in [1.807, 2.05) is 54.9 Å². The van der Waals surface area contributed by atoms with Crippen LogP contribution in [0.15, 0.2) is 42.5 Å². The van der Waals surface area contributed by atoms with Crippen LogP contribution >= 0.6 is 23.4 Å². The predicted octanol–water partition coefficient (Wildman–Crippen LogP) is 5.30. The molecule has 10 heteroatoms. The van der Waals surface area contributed by atoms with Crippen LogP contribution in [-0.2, 0) is 19.8 Å². The van der Waals surface area contributed by atoms with Gasteiger partial charge in [0.05, 0.1) is 22.4 Å². The monoisotopic (exact) mass is 607 g/mol. The number of thioether (sulfide) groups is 1. The first kappa shape index (κ1) is 30.2. The molecule has 2 aromatic carbocycles. The molecule has 3 aromatic rings. The van der Waals surface area contributed by atoms with Gasteiger partial charge in [-0.15, -0.1) is 11.8 Å². The van der Waals surface area contributed by atoms with Crippen molar-refractivity contribution < 1.29 is 14.4 Å². The number of aryl methyl sites for hydroxylation is 2. The van der Waals surface area contributed by atoms with Gasteiger partial charge in [-0.05, 0) is 43.2 Å². The molecule has 1 fully saturated rings. The second-order valence-corrected chi connectivity index (χ2v) is 13.7. The summed E-state index contributed by atoms with van der Waals surface area (Å²) in [5.41, 5.74) is 5.45. The SMILES string of the molecule is CC(=O)N1CCN(C(=O)CN2C(=O)CS[C@@H](c3cccc(Cl)c3)c3c(C(C)(C)C)nn(-c4ccc(C)cc4C)c32)CC1. The normalized spacial score (nSPS) is 17.7. The zero-order chi connectivity index (χ0) is 30.3. The number of hydrogen-bond donors (Lipinski definition) is 0. The Bertz CT molecular complexity index is 1540. The molecule has 8 nitrogen and oxygen atoms in total. The summed E-state index contributed by atoms with van der Waals surface area (Å²) in [5, 5.41) is 5.62. The first-order valence-corrected chi connectivity index (χ1v) is 15.7. The van der Waals surface area contributed by atoms with Crippen molar-refractivity contribution in [3.63, 3.8) is 0 Å². The molecule has 1 saturated heterocycles. The van der Waals surface area contributed by atoms with Crippen molar-refractivity contribution in [1.29, 1.82) is 0 Å². The Hall–Kier alpha value is -3.30. The van der Waals surface area contributed by atoms with Gasteiger partial charge in [-0.2, -0.15) is 5.10 Å². The largest absolute Gasteiger partial charge is 0.339 e. The molecule has 0 radical (unpaired) electrons. The molecule has 0 spiro atoms. The Labute approximate surface area is 257 Å². The minimum Gasteiger partial charge on any atom is -0.339 e. The highest BCUT2D eigenvalue weighted by atomic mass is 35.5. The quantitative estimate of drug-likeness (QED) is 0.402. The second kappa shape index (κ2) is 11.8. The molecular weight excluding hydrogens is 570 g/mol. The minimum absolute atomic E-state index is 0.00518. The van der Waals surface area contributed by atoms with Gasteiger partial charge in [-0.1, -0.05) is 62.2 Å². The van der Waals surface area contributed by atoms with Crippen molar-refractivity contribution in [2.45, 2.75) is 52.2 Å². The third-order valence-electron chi connectivity index (χ3n) is 7.90. The number of carbonyl (C=O) groups is 3. The van der Waals surface area contributed by atoms with Gasteiger partial charge in [-0.25, -0.2) is 4.68 Å². The fourth-order valence-corrected chi connectivity index (χ4v) is 7.11. The summed E-state index contributed by atoms with van der Waals surface area (Å²) >= 11 is 8.00. The fourth-order valence-electron chi connectivity index (χ4n) is 5.72. The van der Waals surface area contributed by atoms with E-state index in [9.17, 15) is 14.4 Å². The number of hydrogen-bond acceptors (Lipinski definition) is 5. The molecule has 1 atom stereocenters. The summed E-state index contributed by atoms with van der Waals surface area (Å²) in [5.74, 6) is 0.545. The summed E-state index contributed by atoms with van der Waals surface area (Å²) in [4.78, 5) is 44.7. The van der Waals surface area contributed by atoms with Gasteiger partial charge in [0.2, 0.25) is 17.7 Å². The lowest BCUT2D eigenvalue weighted by atomic mass is 9.87.